The molecule has 0 aromatic heterocycles. The Balaban J connectivity index is 2.39. The van der Waals surface area contributed by atoms with Crippen molar-refractivity contribution < 1.29 is 9.47 Å². The highest BCUT2D eigenvalue weighted by Gasteiger charge is 2.34. The summed E-state index contributed by atoms with van der Waals surface area (Å²) in [5.74, 6) is 0.941. The van der Waals surface area contributed by atoms with Crippen LogP contribution in [0.3, 0.4) is 0 Å². The summed E-state index contributed by atoms with van der Waals surface area (Å²) in [6, 6.07) is 0. The Morgan fingerprint density at radius 1 is 1.50 bits per heavy atom. The predicted molar refractivity (Wildman–Crippen MR) is 52.4 cm³/mol. The zero-order valence-electron chi connectivity index (χ0n) is 7.71. The van der Waals surface area contributed by atoms with Crippen molar-refractivity contribution >= 4 is 11.8 Å². The van der Waals surface area contributed by atoms with Crippen molar-refractivity contribution in [3.63, 3.8) is 0 Å². The lowest BCUT2D eigenvalue weighted by molar-refractivity contribution is -0.0612. The van der Waals surface area contributed by atoms with E-state index in [0.29, 0.717) is 0 Å². The minimum Gasteiger partial charge on any atom is -0.349 e. The number of rotatable bonds is 4. The second-order valence-corrected chi connectivity index (χ2v) is 4.95. The monoisotopic (exact) mass is 188 g/mol. The molecule has 3 heteroatoms. The van der Waals surface area contributed by atoms with Gasteiger partial charge in [-0.15, -0.1) is 18.3 Å². The van der Waals surface area contributed by atoms with Crippen molar-refractivity contribution in [3.8, 4) is 0 Å². The fourth-order valence-corrected chi connectivity index (χ4v) is 1.92. The molecule has 70 valence electrons. The van der Waals surface area contributed by atoms with Crippen molar-refractivity contribution in [1.82, 2.24) is 0 Å². The third kappa shape index (κ3) is 2.51. The Kier molecular flexibility index (Phi) is 3.62. The molecule has 0 aromatic carbocycles. The van der Waals surface area contributed by atoms with Gasteiger partial charge in [-0.05, 0) is 13.8 Å². The van der Waals surface area contributed by atoms with E-state index in [-0.39, 0.29) is 11.0 Å². The molecule has 0 spiro atoms. The summed E-state index contributed by atoms with van der Waals surface area (Å²) >= 11 is 1.81. The maximum Gasteiger partial charge on any atom is 0.171 e. The van der Waals surface area contributed by atoms with Crippen LogP contribution in [0.15, 0.2) is 12.7 Å². The molecule has 0 amide bonds. The SMILES string of the molecule is C=CCSC(C)(C)C1OCCO1. The smallest absolute Gasteiger partial charge is 0.171 e. The van der Waals surface area contributed by atoms with E-state index >= 15 is 0 Å². The minimum absolute atomic E-state index is 0.0324. The minimum atomic E-state index is -0.0533. The highest BCUT2D eigenvalue weighted by molar-refractivity contribution is 8.00. The van der Waals surface area contributed by atoms with Crippen LogP contribution in [-0.4, -0.2) is 30.0 Å². The lowest BCUT2D eigenvalue weighted by Crippen LogP contribution is -2.33. The molecular formula is C9H16O2S. The van der Waals surface area contributed by atoms with E-state index in [2.05, 4.69) is 20.4 Å². The van der Waals surface area contributed by atoms with Crippen molar-refractivity contribution in [1.29, 1.82) is 0 Å². The highest BCUT2D eigenvalue weighted by atomic mass is 32.2. The van der Waals surface area contributed by atoms with Gasteiger partial charge in [0.15, 0.2) is 6.29 Å². The van der Waals surface area contributed by atoms with Crippen LogP contribution in [0.4, 0.5) is 0 Å². The van der Waals surface area contributed by atoms with Gasteiger partial charge >= 0.3 is 0 Å². The second-order valence-electron chi connectivity index (χ2n) is 3.28. The Bertz CT molecular complexity index is 151. The molecule has 2 nitrogen and oxygen atoms in total. The molecule has 12 heavy (non-hydrogen) atoms. The van der Waals surface area contributed by atoms with Crippen molar-refractivity contribution in [3.05, 3.63) is 12.7 Å². The lowest BCUT2D eigenvalue weighted by Gasteiger charge is -2.28. The standard InChI is InChI=1S/C9H16O2S/c1-4-7-12-9(2,3)8-10-5-6-11-8/h4,8H,1,5-7H2,2-3H3. The number of hydrogen-bond acceptors (Lipinski definition) is 3. The highest BCUT2D eigenvalue weighted by Crippen LogP contribution is 2.32. The van der Waals surface area contributed by atoms with Gasteiger partial charge in [-0.1, -0.05) is 6.08 Å². The fourth-order valence-electron chi connectivity index (χ4n) is 1.10. The van der Waals surface area contributed by atoms with Crippen molar-refractivity contribution in [2.45, 2.75) is 24.9 Å². The third-order valence-electron chi connectivity index (χ3n) is 1.76. The number of ether oxygens (including phenoxy) is 2. The first kappa shape index (κ1) is 10.1. The first-order chi connectivity index (χ1) is 5.67. The van der Waals surface area contributed by atoms with Crippen LogP contribution in [0.5, 0.6) is 0 Å². The van der Waals surface area contributed by atoms with Gasteiger partial charge in [0.1, 0.15) is 0 Å². The van der Waals surface area contributed by atoms with Crippen LogP contribution in [0, 0.1) is 0 Å². The number of hydrogen-bond donors (Lipinski definition) is 0. The molecule has 1 aliphatic rings. The summed E-state index contributed by atoms with van der Waals surface area (Å²) in [5.41, 5.74) is 0. The molecule has 0 unspecified atom stereocenters. The van der Waals surface area contributed by atoms with Crippen LogP contribution < -0.4 is 0 Å². The van der Waals surface area contributed by atoms with E-state index in [0.717, 1.165) is 19.0 Å². The van der Waals surface area contributed by atoms with Gasteiger partial charge in [0, 0.05) is 5.75 Å². The van der Waals surface area contributed by atoms with E-state index in [1.165, 1.54) is 0 Å². The Labute approximate surface area is 78.3 Å². The molecule has 0 N–H and O–H groups in total. The quantitative estimate of drug-likeness (QED) is 0.629. The summed E-state index contributed by atoms with van der Waals surface area (Å²) in [4.78, 5) is 0. The summed E-state index contributed by atoms with van der Waals surface area (Å²) < 4.78 is 10.9. The maximum atomic E-state index is 5.44. The zero-order valence-corrected chi connectivity index (χ0v) is 8.52. The Hall–Kier alpha value is 0.01000. The molecule has 1 saturated heterocycles. The molecule has 1 heterocycles. The third-order valence-corrected chi connectivity index (χ3v) is 3.10. The molecule has 0 atom stereocenters. The molecule has 1 fully saturated rings. The van der Waals surface area contributed by atoms with Crippen LogP contribution in [-0.2, 0) is 9.47 Å². The Morgan fingerprint density at radius 3 is 2.58 bits per heavy atom. The van der Waals surface area contributed by atoms with Crippen molar-refractivity contribution in [2.24, 2.45) is 0 Å². The van der Waals surface area contributed by atoms with Crippen LogP contribution >= 0.6 is 11.8 Å². The normalized spacial score (nSPS) is 19.8. The Morgan fingerprint density at radius 2 is 2.08 bits per heavy atom. The first-order valence-corrected chi connectivity index (χ1v) is 5.13. The largest absolute Gasteiger partial charge is 0.349 e. The summed E-state index contributed by atoms with van der Waals surface area (Å²) in [6.07, 6.45) is 1.85. The van der Waals surface area contributed by atoms with Gasteiger partial charge in [-0.3, -0.25) is 0 Å². The lowest BCUT2D eigenvalue weighted by atomic mass is 10.2. The van der Waals surface area contributed by atoms with E-state index in [9.17, 15) is 0 Å². The van der Waals surface area contributed by atoms with Gasteiger partial charge in [0.25, 0.3) is 0 Å². The number of thioether (sulfide) groups is 1. The molecule has 0 aliphatic carbocycles. The predicted octanol–water partition coefficient (Wildman–Crippen LogP) is 2.06. The van der Waals surface area contributed by atoms with Gasteiger partial charge in [-0.25, -0.2) is 0 Å². The van der Waals surface area contributed by atoms with Gasteiger partial charge in [-0.2, -0.15) is 0 Å². The molecule has 0 aromatic rings. The van der Waals surface area contributed by atoms with E-state index in [1.54, 1.807) is 0 Å². The first-order valence-electron chi connectivity index (χ1n) is 4.15. The summed E-state index contributed by atoms with van der Waals surface area (Å²) in [7, 11) is 0. The van der Waals surface area contributed by atoms with Gasteiger partial charge in [0.2, 0.25) is 0 Å². The maximum absolute atomic E-state index is 5.44. The molecule has 0 bridgehead atoms. The van der Waals surface area contributed by atoms with E-state index < -0.39 is 0 Å². The van der Waals surface area contributed by atoms with Gasteiger partial charge in [0.05, 0.1) is 18.0 Å². The second kappa shape index (κ2) is 4.30. The molecule has 1 rings (SSSR count). The van der Waals surface area contributed by atoms with Crippen LogP contribution in [0.1, 0.15) is 13.8 Å². The van der Waals surface area contributed by atoms with E-state index in [1.807, 2.05) is 17.8 Å². The van der Waals surface area contributed by atoms with Crippen LogP contribution in [0.25, 0.3) is 0 Å². The topological polar surface area (TPSA) is 18.5 Å². The zero-order chi connectivity index (χ0) is 9.03. The molecular weight excluding hydrogens is 172 g/mol. The summed E-state index contributed by atoms with van der Waals surface area (Å²) in [6.45, 7) is 9.41. The average molecular weight is 188 g/mol. The van der Waals surface area contributed by atoms with Crippen LogP contribution in [0.2, 0.25) is 0 Å². The fraction of sp³-hybridized carbons (Fsp3) is 0.778. The van der Waals surface area contributed by atoms with Gasteiger partial charge < -0.3 is 9.47 Å². The molecule has 1 aliphatic heterocycles. The molecule has 0 saturated carbocycles. The molecule has 0 radical (unpaired) electrons. The van der Waals surface area contributed by atoms with Crippen molar-refractivity contribution in [2.75, 3.05) is 19.0 Å². The average Bonchev–Trinajstić information content (AvgIpc) is 2.53. The van der Waals surface area contributed by atoms with E-state index in [4.69, 9.17) is 9.47 Å². The summed E-state index contributed by atoms with van der Waals surface area (Å²) in [5, 5.41) is 0.